The van der Waals surface area contributed by atoms with Crippen molar-refractivity contribution in [3.63, 3.8) is 0 Å². The van der Waals surface area contributed by atoms with Crippen LogP contribution in [0, 0.1) is 5.41 Å². The van der Waals surface area contributed by atoms with E-state index in [0.717, 1.165) is 18.4 Å². The summed E-state index contributed by atoms with van der Waals surface area (Å²) < 4.78 is 0. The third-order valence-electron chi connectivity index (χ3n) is 2.58. The summed E-state index contributed by atoms with van der Waals surface area (Å²) in [7, 11) is 0. The zero-order chi connectivity index (χ0) is 12.3. The number of halogens is 2. The summed E-state index contributed by atoms with van der Waals surface area (Å²) in [5.41, 5.74) is 7.49. The number of hydrogen-bond acceptors (Lipinski definition) is 1. The molecule has 0 aliphatic rings. The van der Waals surface area contributed by atoms with Gasteiger partial charge in [-0.1, -0.05) is 50.0 Å². The molecule has 1 nitrogen and oxygen atoms in total. The van der Waals surface area contributed by atoms with E-state index in [9.17, 15) is 0 Å². The average molecular weight is 260 g/mol. The Morgan fingerprint density at radius 3 is 2.31 bits per heavy atom. The molecular formula is C13H19Cl2N. The lowest BCUT2D eigenvalue weighted by molar-refractivity contribution is 0.350. The molecule has 0 heterocycles. The Bertz CT molecular complexity index is 355. The molecule has 0 saturated heterocycles. The molecule has 0 bridgehead atoms. The molecular weight excluding hydrogens is 241 g/mol. The summed E-state index contributed by atoms with van der Waals surface area (Å²) in [6, 6.07) is 5.64. The van der Waals surface area contributed by atoms with Gasteiger partial charge in [-0.15, -0.1) is 0 Å². The molecule has 0 aromatic heterocycles. The first kappa shape index (κ1) is 13.8. The van der Waals surface area contributed by atoms with E-state index in [-0.39, 0.29) is 6.04 Å². The summed E-state index contributed by atoms with van der Waals surface area (Å²) in [6.07, 6.45) is 2.05. The van der Waals surface area contributed by atoms with Crippen molar-refractivity contribution in [1.82, 2.24) is 0 Å². The van der Waals surface area contributed by atoms with Crippen LogP contribution in [0.2, 0.25) is 10.0 Å². The number of benzene rings is 1. The molecule has 1 aromatic rings. The van der Waals surface area contributed by atoms with Crippen molar-refractivity contribution in [2.75, 3.05) is 0 Å². The van der Waals surface area contributed by atoms with Crippen molar-refractivity contribution in [3.8, 4) is 0 Å². The van der Waals surface area contributed by atoms with Gasteiger partial charge in [0, 0.05) is 6.04 Å². The topological polar surface area (TPSA) is 26.0 Å². The van der Waals surface area contributed by atoms with E-state index in [4.69, 9.17) is 28.9 Å². The molecule has 0 saturated carbocycles. The molecule has 1 atom stereocenters. The fourth-order valence-corrected chi connectivity index (χ4v) is 1.80. The molecule has 2 N–H and O–H groups in total. The summed E-state index contributed by atoms with van der Waals surface area (Å²) in [5.74, 6) is 0. The minimum atomic E-state index is 0.0361. The molecule has 3 heteroatoms. The minimum Gasteiger partial charge on any atom is -0.324 e. The first-order chi connectivity index (χ1) is 7.29. The molecule has 1 aromatic carbocycles. The van der Waals surface area contributed by atoms with Crippen LogP contribution in [0.1, 0.15) is 45.2 Å². The van der Waals surface area contributed by atoms with Gasteiger partial charge in [-0.3, -0.25) is 0 Å². The van der Waals surface area contributed by atoms with Crippen molar-refractivity contribution in [3.05, 3.63) is 33.8 Å². The highest BCUT2D eigenvalue weighted by Gasteiger charge is 2.14. The highest BCUT2D eigenvalue weighted by atomic mass is 35.5. The van der Waals surface area contributed by atoms with Crippen molar-refractivity contribution < 1.29 is 0 Å². The van der Waals surface area contributed by atoms with Gasteiger partial charge in [0.25, 0.3) is 0 Å². The van der Waals surface area contributed by atoms with Crippen molar-refractivity contribution in [2.45, 2.75) is 39.7 Å². The SMILES string of the molecule is CC(C)(C)CCC(N)c1ccc(Cl)c(Cl)c1. The Hall–Kier alpha value is -0.240. The first-order valence-corrected chi connectivity index (χ1v) is 6.26. The lowest BCUT2D eigenvalue weighted by Gasteiger charge is -2.21. The van der Waals surface area contributed by atoms with Gasteiger partial charge in [-0.05, 0) is 36.0 Å². The molecule has 0 spiro atoms. The van der Waals surface area contributed by atoms with E-state index in [1.165, 1.54) is 0 Å². The predicted molar refractivity (Wildman–Crippen MR) is 72.1 cm³/mol. The highest BCUT2D eigenvalue weighted by molar-refractivity contribution is 6.42. The highest BCUT2D eigenvalue weighted by Crippen LogP contribution is 2.29. The standard InChI is InChI=1S/C13H19Cl2N/c1-13(2,3)7-6-12(16)9-4-5-10(14)11(15)8-9/h4-5,8,12H,6-7,16H2,1-3H3. The maximum Gasteiger partial charge on any atom is 0.0595 e. The van der Waals surface area contributed by atoms with Crippen molar-refractivity contribution >= 4 is 23.2 Å². The van der Waals surface area contributed by atoms with Crippen LogP contribution in [0.15, 0.2) is 18.2 Å². The van der Waals surface area contributed by atoms with Crippen LogP contribution in [-0.2, 0) is 0 Å². The summed E-state index contributed by atoms with van der Waals surface area (Å²) >= 11 is 11.8. The molecule has 1 rings (SSSR count). The molecule has 16 heavy (non-hydrogen) atoms. The van der Waals surface area contributed by atoms with Crippen LogP contribution in [0.3, 0.4) is 0 Å². The second-order valence-electron chi connectivity index (χ2n) is 5.38. The Morgan fingerprint density at radius 2 is 1.81 bits per heavy atom. The van der Waals surface area contributed by atoms with Crippen LogP contribution >= 0.6 is 23.2 Å². The lowest BCUT2D eigenvalue weighted by Crippen LogP contribution is -2.14. The van der Waals surface area contributed by atoms with Gasteiger partial charge in [-0.25, -0.2) is 0 Å². The second kappa shape index (κ2) is 5.39. The quantitative estimate of drug-likeness (QED) is 0.828. The Labute approximate surface area is 108 Å². The third kappa shape index (κ3) is 4.32. The molecule has 0 aliphatic carbocycles. The zero-order valence-electron chi connectivity index (χ0n) is 10.1. The van der Waals surface area contributed by atoms with Gasteiger partial charge in [-0.2, -0.15) is 0 Å². The largest absolute Gasteiger partial charge is 0.324 e. The minimum absolute atomic E-state index is 0.0361. The maximum absolute atomic E-state index is 6.12. The van der Waals surface area contributed by atoms with E-state index in [2.05, 4.69) is 20.8 Å². The molecule has 90 valence electrons. The van der Waals surface area contributed by atoms with Crippen LogP contribution in [0.25, 0.3) is 0 Å². The van der Waals surface area contributed by atoms with E-state index in [1.54, 1.807) is 6.07 Å². The van der Waals surface area contributed by atoms with Gasteiger partial charge in [0.15, 0.2) is 0 Å². The monoisotopic (exact) mass is 259 g/mol. The molecule has 0 radical (unpaired) electrons. The van der Waals surface area contributed by atoms with Crippen LogP contribution in [-0.4, -0.2) is 0 Å². The van der Waals surface area contributed by atoms with Crippen molar-refractivity contribution in [1.29, 1.82) is 0 Å². The van der Waals surface area contributed by atoms with Gasteiger partial charge < -0.3 is 5.73 Å². The maximum atomic E-state index is 6.12. The van der Waals surface area contributed by atoms with Gasteiger partial charge in [0.05, 0.1) is 10.0 Å². The molecule has 0 aliphatic heterocycles. The predicted octanol–water partition coefficient (Wildman–Crippen LogP) is 4.82. The van der Waals surface area contributed by atoms with E-state index < -0.39 is 0 Å². The Morgan fingerprint density at radius 1 is 1.19 bits per heavy atom. The second-order valence-corrected chi connectivity index (χ2v) is 6.19. The van der Waals surface area contributed by atoms with E-state index >= 15 is 0 Å². The van der Waals surface area contributed by atoms with Crippen LogP contribution in [0.5, 0.6) is 0 Å². The summed E-state index contributed by atoms with van der Waals surface area (Å²) in [4.78, 5) is 0. The Balaban J connectivity index is 2.66. The number of nitrogens with two attached hydrogens (primary N) is 1. The zero-order valence-corrected chi connectivity index (χ0v) is 11.6. The average Bonchev–Trinajstić information content (AvgIpc) is 2.17. The fraction of sp³-hybridized carbons (Fsp3) is 0.538. The fourth-order valence-electron chi connectivity index (χ4n) is 1.50. The molecule has 0 amide bonds. The van der Waals surface area contributed by atoms with Crippen molar-refractivity contribution in [2.24, 2.45) is 11.1 Å². The normalized spacial score (nSPS) is 13.9. The first-order valence-electron chi connectivity index (χ1n) is 5.50. The summed E-state index contributed by atoms with van der Waals surface area (Å²) in [5, 5.41) is 1.15. The van der Waals surface area contributed by atoms with Gasteiger partial charge in [0.2, 0.25) is 0 Å². The molecule has 0 fully saturated rings. The van der Waals surface area contributed by atoms with Crippen LogP contribution < -0.4 is 5.73 Å². The Kier molecular flexibility index (Phi) is 4.66. The smallest absolute Gasteiger partial charge is 0.0595 e. The van der Waals surface area contributed by atoms with E-state index in [0.29, 0.717) is 15.5 Å². The lowest BCUT2D eigenvalue weighted by atomic mass is 9.87. The van der Waals surface area contributed by atoms with Gasteiger partial charge in [0.1, 0.15) is 0 Å². The number of rotatable bonds is 3. The number of hydrogen-bond donors (Lipinski definition) is 1. The van der Waals surface area contributed by atoms with E-state index in [1.807, 2.05) is 12.1 Å². The van der Waals surface area contributed by atoms with Gasteiger partial charge >= 0.3 is 0 Å². The molecule has 1 unspecified atom stereocenters. The third-order valence-corrected chi connectivity index (χ3v) is 3.32. The summed E-state index contributed by atoms with van der Waals surface area (Å²) in [6.45, 7) is 6.65. The van der Waals surface area contributed by atoms with Crippen LogP contribution in [0.4, 0.5) is 0 Å².